The molecule has 5 nitrogen and oxygen atoms in total. The van der Waals surface area contributed by atoms with E-state index in [9.17, 15) is 4.79 Å². The summed E-state index contributed by atoms with van der Waals surface area (Å²) < 4.78 is 7.26. The molecule has 2 heterocycles. The minimum atomic E-state index is -0.0895. The Morgan fingerprint density at radius 3 is 3.04 bits per heavy atom. The van der Waals surface area contributed by atoms with E-state index in [1.54, 1.807) is 23.3 Å². The van der Waals surface area contributed by atoms with Crippen LogP contribution < -0.4 is 5.32 Å². The molecular formula is C19H19N3O2. The predicted octanol–water partition coefficient (Wildman–Crippen LogP) is 3.33. The van der Waals surface area contributed by atoms with Crippen molar-refractivity contribution in [3.63, 3.8) is 0 Å². The van der Waals surface area contributed by atoms with E-state index in [4.69, 9.17) is 4.42 Å². The van der Waals surface area contributed by atoms with E-state index in [1.807, 2.05) is 36.4 Å². The van der Waals surface area contributed by atoms with Crippen LogP contribution in [-0.2, 0) is 13.0 Å². The highest BCUT2D eigenvalue weighted by Gasteiger charge is 2.24. The van der Waals surface area contributed by atoms with Crippen molar-refractivity contribution in [3.05, 3.63) is 77.5 Å². The van der Waals surface area contributed by atoms with E-state index < -0.39 is 0 Å². The fourth-order valence-electron chi connectivity index (χ4n) is 3.22. The smallest absolute Gasteiger partial charge is 0.254 e. The predicted molar refractivity (Wildman–Crippen MR) is 89.6 cm³/mol. The van der Waals surface area contributed by atoms with Crippen LogP contribution in [0, 0.1) is 0 Å². The van der Waals surface area contributed by atoms with Gasteiger partial charge in [-0.3, -0.25) is 9.48 Å². The molecule has 24 heavy (non-hydrogen) atoms. The molecule has 1 atom stereocenters. The number of fused-ring (bicyclic) bond motifs is 1. The van der Waals surface area contributed by atoms with Crippen LogP contribution in [0.3, 0.4) is 0 Å². The maximum Gasteiger partial charge on any atom is 0.254 e. The topological polar surface area (TPSA) is 60.1 Å². The number of nitrogens with one attached hydrogen (secondary N) is 1. The van der Waals surface area contributed by atoms with Crippen LogP contribution in [0.15, 0.2) is 59.5 Å². The number of rotatable bonds is 4. The molecule has 3 aromatic rings. The number of benzene rings is 1. The van der Waals surface area contributed by atoms with Gasteiger partial charge in [0, 0.05) is 18.2 Å². The van der Waals surface area contributed by atoms with Crippen molar-refractivity contribution in [3.8, 4) is 0 Å². The molecule has 0 spiro atoms. The van der Waals surface area contributed by atoms with Gasteiger partial charge in [0.25, 0.3) is 5.91 Å². The summed E-state index contributed by atoms with van der Waals surface area (Å²) in [5, 5.41) is 7.40. The molecule has 1 amide bonds. The highest BCUT2D eigenvalue weighted by atomic mass is 16.3. The minimum Gasteiger partial charge on any atom is -0.469 e. The van der Waals surface area contributed by atoms with Gasteiger partial charge in [-0.05, 0) is 24.5 Å². The summed E-state index contributed by atoms with van der Waals surface area (Å²) in [5.41, 5.74) is 2.84. The second-order valence-electron chi connectivity index (χ2n) is 6.13. The van der Waals surface area contributed by atoms with Gasteiger partial charge < -0.3 is 9.73 Å². The van der Waals surface area contributed by atoms with Gasteiger partial charge in [-0.15, -0.1) is 0 Å². The first-order valence-corrected chi connectivity index (χ1v) is 8.23. The van der Waals surface area contributed by atoms with Crippen molar-refractivity contribution in [2.24, 2.45) is 0 Å². The van der Waals surface area contributed by atoms with Gasteiger partial charge >= 0.3 is 0 Å². The highest BCUT2D eigenvalue weighted by Crippen LogP contribution is 2.30. The zero-order chi connectivity index (χ0) is 16.4. The van der Waals surface area contributed by atoms with Crippen molar-refractivity contribution < 1.29 is 9.21 Å². The van der Waals surface area contributed by atoms with Gasteiger partial charge in [0.05, 0.1) is 30.6 Å². The summed E-state index contributed by atoms with van der Waals surface area (Å²) in [6.45, 7) is 0.656. The van der Waals surface area contributed by atoms with Crippen LogP contribution in [0.4, 0.5) is 0 Å². The molecule has 1 aliphatic rings. The van der Waals surface area contributed by atoms with Crippen LogP contribution >= 0.6 is 0 Å². The highest BCUT2D eigenvalue weighted by molar-refractivity contribution is 5.94. The van der Waals surface area contributed by atoms with Gasteiger partial charge in [0.1, 0.15) is 5.76 Å². The molecule has 0 bridgehead atoms. The van der Waals surface area contributed by atoms with Crippen molar-refractivity contribution in [1.82, 2.24) is 15.1 Å². The second-order valence-corrected chi connectivity index (χ2v) is 6.13. The maximum absolute atomic E-state index is 12.5. The summed E-state index contributed by atoms with van der Waals surface area (Å²) in [4.78, 5) is 12.5. The van der Waals surface area contributed by atoms with E-state index >= 15 is 0 Å². The number of amides is 1. The third-order valence-corrected chi connectivity index (χ3v) is 4.44. The molecule has 4 rings (SSSR count). The van der Waals surface area contributed by atoms with Crippen LogP contribution in [0.2, 0.25) is 0 Å². The summed E-state index contributed by atoms with van der Waals surface area (Å²) >= 11 is 0. The molecule has 0 aliphatic heterocycles. The van der Waals surface area contributed by atoms with E-state index in [1.165, 1.54) is 0 Å². The van der Waals surface area contributed by atoms with Crippen LogP contribution in [0.5, 0.6) is 0 Å². The van der Waals surface area contributed by atoms with Gasteiger partial charge in [-0.1, -0.05) is 30.3 Å². The lowest BCUT2D eigenvalue weighted by Crippen LogP contribution is -2.30. The maximum atomic E-state index is 12.5. The number of aryl methyl sites for hydroxylation is 1. The largest absolute Gasteiger partial charge is 0.469 e. The number of hydrogen-bond donors (Lipinski definition) is 1. The lowest BCUT2D eigenvalue weighted by Gasteiger charge is -2.22. The fraction of sp³-hybridized carbons (Fsp3) is 0.263. The normalized spacial score (nSPS) is 16.6. The summed E-state index contributed by atoms with van der Waals surface area (Å²) in [6.07, 6.45) is 8.03. The Hall–Kier alpha value is -2.82. The standard InChI is InChI=1S/C19H19N3O2/c23-19(21-17-7-4-8-18-16(17)9-10-24-18)15-11-20-22(13-15)12-14-5-2-1-3-6-14/h1-3,5-6,9-11,13,17H,4,7-8,12H2,(H,21,23). The van der Waals surface area contributed by atoms with Crippen LogP contribution in [-0.4, -0.2) is 15.7 Å². The summed E-state index contributed by atoms with van der Waals surface area (Å²) in [6, 6.07) is 12.1. The number of nitrogens with zero attached hydrogens (tertiary/aromatic N) is 2. The Kier molecular flexibility index (Phi) is 3.91. The number of carbonyl (C=O) groups is 1. The molecular weight excluding hydrogens is 302 g/mol. The lowest BCUT2D eigenvalue weighted by molar-refractivity contribution is 0.0932. The quantitative estimate of drug-likeness (QED) is 0.802. The molecule has 5 heteroatoms. The van der Waals surface area contributed by atoms with Crippen molar-refractivity contribution in [2.75, 3.05) is 0 Å². The number of hydrogen-bond acceptors (Lipinski definition) is 3. The Morgan fingerprint density at radius 1 is 1.29 bits per heavy atom. The van der Waals surface area contributed by atoms with E-state index in [-0.39, 0.29) is 11.9 Å². The average molecular weight is 321 g/mol. The van der Waals surface area contributed by atoms with E-state index in [2.05, 4.69) is 10.4 Å². The van der Waals surface area contributed by atoms with Crippen molar-refractivity contribution in [2.45, 2.75) is 31.8 Å². The van der Waals surface area contributed by atoms with Crippen molar-refractivity contribution in [1.29, 1.82) is 0 Å². The Morgan fingerprint density at radius 2 is 2.17 bits per heavy atom. The Labute approximate surface area is 140 Å². The SMILES string of the molecule is O=C(NC1CCCc2occc21)c1cnn(Cc2ccccc2)c1. The van der Waals surface area contributed by atoms with E-state index in [0.29, 0.717) is 12.1 Å². The van der Waals surface area contributed by atoms with Crippen LogP contribution in [0.1, 0.15) is 46.1 Å². The monoisotopic (exact) mass is 321 g/mol. The molecule has 122 valence electrons. The Balaban J connectivity index is 1.45. The van der Waals surface area contributed by atoms with Gasteiger partial charge in [0.2, 0.25) is 0 Å². The molecule has 1 aromatic carbocycles. The molecule has 2 aromatic heterocycles. The van der Waals surface area contributed by atoms with Gasteiger partial charge in [-0.25, -0.2) is 0 Å². The van der Waals surface area contributed by atoms with Crippen LogP contribution in [0.25, 0.3) is 0 Å². The van der Waals surface area contributed by atoms with E-state index in [0.717, 1.165) is 36.1 Å². The minimum absolute atomic E-state index is 0.0254. The van der Waals surface area contributed by atoms with Crippen molar-refractivity contribution >= 4 is 5.91 Å². The molecule has 0 fully saturated rings. The number of furan rings is 1. The lowest BCUT2D eigenvalue weighted by atomic mass is 9.93. The first-order valence-electron chi connectivity index (χ1n) is 8.23. The Bertz CT molecular complexity index is 835. The molecule has 0 saturated heterocycles. The molecule has 1 N–H and O–H groups in total. The summed E-state index contributed by atoms with van der Waals surface area (Å²) in [7, 11) is 0. The zero-order valence-electron chi connectivity index (χ0n) is 13.3. The number of carbonyl (C=O) groups excluding carboxylic acids is 1. The van der Waals surface area contributed by atoms with Gasteiger partial charge in [-0.2, -0.15) is 5.10 Å². The average Bonchev–Trinajstić information content (AvgIpc) is 3.25. The third kappa shape index (κ3) is 2.97. The fourth-order valence-corrected chi connectivity index (χ4v) is 3.22. The summed E-state index contributed by atoms with van der Waals surface area (Å²) in [5.74, 6) is 0.902. The third-order valence-electron chi connectivity index (χ3n) is 4.44. The van der Waals surface area contributed by atoms with Gasteiger partial charge in [0.15, 0.2) is 0 Å². The first kappa shape index (κ1) is 14.8. The zero-order valence-corrected chi connectivity index (χ0v) is 13.3. The molecule has 0 saturated carbocycles. The first-order chi connectivity index (χ1) is 11.8. The second kappa shape index (κ2) is 6.35. The molecule has 0 radical (unpaired) electrons. The number of aromatic nitrogens is 2. The molecule has 1 aliphatic carbocycles. The molecule has 1 unspecified atom stereocenters.